The molecule has 1 fully saturated rings. The quantitative estimate of drug-likeness (QED) is 0.303. The van der Waals surface area contributed by atoms with Crippen molar-refractivity contribution >= 4 is 28.3 Å². The fraction of sp³-hybridized carbons (Fsp3) is 0.370. The lowest BCUT2D eigenvalue weighted by atomic mass is 9.92. The van der Waals surface area contributed by atoms with Gasteiger partial charge in [-0.2, -0.15) is 4.98 Å². The third-order valence-corrected chi connectivity index (χ3v) is 6.45. The van der Waals surface area contributed by atoms with Crippen LogP contribution >= 0.6 is 0 Å². The molecule has 0 saturated heterocycles. The fourth-order valence-corrected chi connectivity index (χ4v) is 4.56. The van der Waals surface area contributed by atoms with Crippen LogP contribution in [0, 0.1) is 6.92 Å². The van der Waals surface area contributed by atoms with E-state index in [4.69, 9.17) is 15.0 Å². The number of anilines is 2. The summed E-state index contributed by atoms with van der Waals surface area (Å²) >= 11 is 0. The van der Waals surface area contributed by atoms with Crippen molar-refractivity contribution in [1.82, 2.24) is 20.0 Å². The van der Waals surface area contributed by atoms with E-state index in [1.54, 1.807) is 6.92 Å². The minimum absolute atomic E-state index is 0.0686. The first-order valence-corrected chi connectivity index (χ1v) is 12.4. The van der Waals surface area contributed by atoms with Crippen molar-refractivity contribution in [3.05, 3.63) is 54.2 Å². The van der Waals surface area contributed by atoms with Crippen LogP contribution in [0.3, 0.4) is 0 Å². The Balaban J connectivity index is 1.42. The van der Waals surface area contributed by atoms with Crippen LogP contribution in [0.15, 0.2) is 47.0 Å². The summed E-state index contributed by atoms with van der Waals surface area (Å²) in [4.78, 5) is 16.3. The Morgan fingerprint density at radius 2 is 2.00 bits per heavy atom. The second kappa shape index (κ2) is 9.93. The molecule has 0 atom stereocenters. The summed E-state index contributed by atoms with van der Waals surface area (Å²) in [5.74, 6) is 1.96. The van der Waals surface area contributed by atoms with Gasteiger partial charge in [-0.1, -0.05) is 17.3 Å². The van der Waals surface area contributed by atoms with Crippen LogP contribution in [0.2, 0.25) is 0 Å². The number of urea groups is 1. The molecule has 5 rings (SSSR count). The Bertz CT molecular complexity index is 1370. The minimum atomic E-state index is -0.220. The van der Waals surface area contributed by atoms with Gasteiger partial charge in [0.2, 0.25) is 5.89 Å². The Hall–Kier alpha value is -4.01. The standard InChI is InChI=1S/C27H32N6O3/c1-16(2)29-27(34)31-19-9-7-18(8-10-19)26-25(28)22-12-11-21(15-23(22)33(26)20-5-4-6-20)35-14-13-24-30-17(3)32-36-24/h7-12,15-16,20H,4-6,13-14,28H2,1-3H3,(H2,29,31,34). The molecule has 2 amide bonds. The van der Waals surface area contributed by atoms with Crippen molar-refractivity contribution in [2.75, 3.05) is 17.7 Å². The number of nitrogens with zero attached hydrogens (tertiary/aromatic N) is 3. The highest BCUT2D eigenvalue weighted by atomic mass is 16.5. The van der Waals surface area contributed by atoms with Gasteiger partial charge in [-0.25, -0.2) is 4.79 Å². The lowest BCUT2D eigenvalue weighted by Gasteiger charge is -2.30. The predicted molar refractivity (Wildman–Crippen MR) is 140 cm³/mol. The molecule has 2 aromatic carbocycles. The van der Waals surface area contributed by atoms with E-state index in [1.165, 1.54) is 6.42 Å². The van der Waals surface area contributed by atoms with Crippen LogP contribution in [-0.2, 0) is 6.42 Å². The number of rotatable bonds is 8. The largest absolute Gasteiger partial charge is 0.493 e. The Kier molecular flexibility index (Phi) is 6.54. The molecule has 36 heavy (non-hydrogen) atoms. The van der Waals surface area contributed by atoms with E-state index in [1.807, 2.05) is 50.2 Å². The molecule has 0 aliphatic heterocycles. The summed E-state index contributed by atoms with van der Waals surface area (Å²) in [7, 11) is 0. The molecule has 4 aromatic rings. The van der Waals surface area contributed by atoms with E-state index in [0.717, 1.165) is 52.1 Å². The van der Waals surface area contributed by atoms with Gasteiger partial charge in [-0.3, -0.25) is 0 Å². The highest BCUT2D eigenvalue weighted by molar-refractivity contribution is 6.02. The zero-order valence-electron chi connectivity index (χ0n) is 20.9. The zero-order valence-corrected chi connectivity index (χ0v) is 20.9. The third kappa shape index (κ3) is 4.86. The van der Waals surface area contributed by atoms with Crippen LogP contribution in [0.4, 0.5) is 16.2 Å². The van der Waals surface area contributed by atoms with Crippen LogP contribution in [0.25, 0.3) is 22.2 Å². The van der Waals surface area contributed by atoms with Gasteiger partial charge in [0, 0.05) is 34.8 Å². The van der Waals surface area contributed by atoms with Crippen molar-refractivity contribution in [3.8, 4) is 17.0 Å². The normalized spacial score (nSPS) is 13.7. The van der Waals surface area contributed by atoms with Gasteiger partial charge in [-0.05, 0) is 64.3 Å². The van der Waals surface area contributed by atoms with Crippen molar-refractivity contribution in [1.29, 1.82) is 0 Å². The molecule has 1 saturated carbocycles. The number of carbonyl (C=O) groups excluding carboxylic acids is 1. The number of ether oxygens (including phenoxy) is 1. The molecule has 2 heterocycles. The second-order valence-electron chi connectivity index (χ2n) is 9.56. The smallest absolute Gasteiger partial charge is 0.319 e. The van der Waals surface area contributed by atoms with E-state index in [9.17, 15) is 4.79 Å². The van der Waals surface area contributed by atoms with Gasteiger partial charge in [0.25, 0.3) is 0 Å². The SMILES string of the molecule is Cc1noc(CCOc2ccc3c(N)c(-c4ccc(NC(=O)NC(C)C)cc4)n(C4CCC4)c3c2)n1. The lowest BCUT2D eigenvalue weighted by Crippen LogP contribution is -2.34. The van der Waals surface area contributed by atoms with Crippen LogP contribution in [0.1, 0.15) is 50.9 Å². The van der Waals surface area contributed by atoms with E-state index in [-0.39, 0.29) is 12.1 Å². The summed E-state index contributed by atoms with van der Waals surface area (Å²) in [6.45, 7) is 6.09. The average Bonchev–Trinajstić information content (AvgIpc) is 3.33. The number of nitrogens with two attached hydrogens (primary N) is 1. The topological polar surface area (TPSA) is 120 Å². The van der Waals surface area contributed by atoms with Gasteiger partial charge in [0.05, 0.1) is 29.9 Å². The van der Waals surface area contributed by atoms with Gasteiger partial charge >= 0.3 is 6.03 Å². The Labute approximate surface area is 210 Å². The maximum atomic E-state index is 12.1. The van der Waals surface area contributed by atoms with Crippen LogP contribution in [-0.4, -0.2) is 33.4 Å². The van der Waals surface area contributed by atoms with Gasteiger partial charge in [0.15, 0.2) is 5.82 Å². The number of hydrogen-bond acceptors (Lipinski definition) is 6. The van der Waals surface area contributed by atoms with Gasteiger partial charge < -0.3 is 30.2 Å². The lowest BCUT2D eigenvalue weighted by molar-refractivity contribution is 0.250. The number of fused-ring (bicyclic) bond motifs is 1. The van der Waals surface area contributed by atoms with Crippen LogP contribution < -0.4 is 21.1 Å². The molecule has 0 radical (unpaired) electrons. The molecular weight excluding hydrogens is 456 g/mol. The third-order valence-electron chi connectivity index (χ3n) is 6.45. The first-order valence-electron chi connectivity index (χ1n) is 12.4. The van der Waals surface area contributed by atoms with Crippen LogP contribution in [0.5, 0.6) is 5.75 Å². The molecule has 188 valence electrons. The van der Waals surface area contributed by atoms with E-state index in [2.05, 4.69) is 31.4 Å². The van der Waals surface area contributed by atoms with Crippen molar-refractivity contribution in [2.24, 2.45) is 0 Å². The molecule has 9 nitrogen and oxygen atoms in total. The summed E-state index contributed by atoms with van der Waals surface area (Å²) in [6, 6.07) is 14.1. The molecule has 2 aromatic heterocycles. The number of aryl methyl sites for hydroxylation is 1. The van der Waals surface area contributed by atoms with E-state index < -0.39 is 0 Å². The molecule has 0 spiro atoms. The highest BCUT2D eigenvalue weighted by Gasteiger charge is 2.27. The molecule has 1 aliphatic rings. The summed E-state index contributed by atoms with van der Waals surface area (Å²) in [5, 5.41) is 10.5. The maximum absolute atomic E-state index is 12.1. The number of aromatic nitrogens is 3. The Morgan fingerprint density at radius 1 is 1.22 bits per heavy atom. The number of benzene rings is 2. The monoisotopic (exact) mass is 488 g/mol. The van der Waals surface area contributed by atoms with Crippen molar-refractivity contribution in [3.63, 3.8) is 0 Å². The van der Waals surface area contributed by atoms with Gasteiger partial charge in [-0.15, -0.1) is 0 Å². The van der Waals surface area contributed by atoms with Crippen molar-refractivity contribution in [2.45, 2.75) is 58.5 Å². The molecule has 0 unspecified atom stereocenters. The molecular formula is C27H32N6O3. The number of amides is 2. The number of carbonyl (C=O) groups is 1. The highest BCUT2D eigenvalue weighted by Crippen LogP contribution is 2.44. The zero-order chi connectivity index (χ0) is 25.2. The van der Waals surface area contributed by atoms with E-state index >= 15 is 0 Å². The summed E-state index contributed by atoms with van der Waals surface area (Å²) in [5.41, 5.74) is 11.3. The molecule has 1 aliphatic carbocycles. The average molecular weight is 489 g/mol. The molecule has 9 heteroatoms. The predicted octanol–water partition coefficient (Wildman–Crippen LogP) is 5.46. The first-order chi connectivity index (χ1) is 17.4. The number of nitrogens with one attached hydrogen (secondary N) is 2. The van der Waals surface area contributed by atoms with Gasteiger partial charge in [0.1, 0.15) is 5.75 Å². The minimum Gasteiger partial charge on any atom is -0.493 e. The van der Waals surface area contributed by atoms with Crippen molar-refractivity contribution < 1.29 is 14.1 Å². The maximum Gasteiger partial charge on any atom is 0.319 e. The first kappa shape index (κ1) is 23.7. The molecule has 0 bridgehead atoms. The molecule has 4 N–H and O–H groups in total. The Morgan fingerprint density at radius 3 is 2.64 bits per heavy atom. The number of hydrogen-bond donors (Lipinski definition) is 3. The number of nitrogen functional groups attached to an aromatic ring is 1. The van der Waals surface area contributed by atoms with E-state index in [0.29, 0.717) is 30.8 Å². The second-order valence-corrected chi connectivity index (χ2v) is 9.56. The fourth-order valence-electron chi connectivity index (χ4n) is 4.56. The summed E-state index contributed by atoms with van der Waals surface area (Å²) in [6.07, 6.45) is 3.99. The summed E-state index contributed by atoms with van der Waals surface area (Å²) < 4.78 is 13.5.